The Labute approximate surface area is 164 Å². The molecule has 0 amide bonds. The number of aliphatic hydroxyl groups excluding tert-OH is 3. The predicted octanol–water partition coefficient (Wildman–Crippen LogP) is 1.85. The average molecular weight is 394 g/mol. The largest absolute Gasteiger partial charge is 0.479 e. The summed E-state index contributed by atoms with van der Waals surface area (Å²) in [6.45, 7) is 0. The van der Waals surface area contributed by atoms with E-state index in [2.05, 4.69) is 12.1 Å². The summed E-state index contributed by atoms with van der Waals surface area (Å²) in [5.41, 5.74) is 0. The standard InChI is InChI=1S/C22H18O7/c23-17-18(24)20(21(26)27)29-22(19(17)25)28-14-8-12-6-4-10-2-1-3-11-5-7-13(9-14)16(12)15(10)11/h1-9,17-20,22-25H,(H,26,27)/t17-,18-,19+,20-,22+/m0/s1. The number of carboxylic acids is 1. The minimum absolute atomic E-state index is 0.354. The van der Waals surface area contributed by atoms with Crippen molar-refractivity contribution >= 4 is 38.3 Å². The van der Waals surface area contributed by atoms with Crippen LogP contribution in [0, 0.1) is 0 Å². The van der Waals surface area contributed by atoms with Gasteiger partial charge in [0.15, 0.2) is 6.10 Å². The predicted molar refractivity (Wildman–Crippen MR) is 105 cm³/mol. The average Bonchev–Trinajstić information content (AvgIpc) is 2.72. The van der Waals surface area contributed by atoms with Gasteiger partial charge in [-0.3, -0.25) is 0 Å². The van der Waals surface area contributed by atoms with Crippen molar-refractivity contribution in [3.05, 3.63) is 54.6 Å². The van der Waals surface area contributed by atoms with Crippen LogP contribution >= 0.6 is 0 Å². The molecule has 0 radical (unpaired) electrons. The molecule has 7 nitrogen and oxygen atoms in total. The van der Waals surface area contributed by atoms with Gasteiger partial charge < -0.3 is 29.9 Å². The summed E-state index contributed by atoms with van der Waals surface area (Å²) >= 11 is 0. The second-order valence-corrected chi connectivity index (χ2v) is 7.31. The fourth-order valence-corrected chi connectivity index (χ4v) is 4.08. The molecule has 1 heterocycles. The third-order valence-corrected chi connectivity index (χ3v) is 5.50. The van der Waals surface area contributed by atoms with Gasteiger partial charge in [0.25, 0.3) is 0 Å². The van der Waals surface area contributed by atoms with Gasteiger partial charge >= 0.3 is 5.97 Å². The Morgan fingerprint density at radius 1 is 0.793 bits per heavy atom. The first-order valence-electron chi connectivity index (χ1n) is 9.21. The van der Waals surface area contributed by atoms with E-state index in [1.54, 1.807) is 12.1 Å². The third-order valence-electron chi connectivity index (χ3n) is 5.50. The van der Waals surface area contributed by atoms with Crippen LogP contribution < -0.4 is 4.74 Å². The fourth-order valence-electron chi connectivity index (χ4n) is 4.08. The molecule has 5 rings (SSSR count). The van der Waals surface area contributed by atoms with Gasteiger partial charge in [-0.15, -0.1) is 0 Å². The highest BCUT2D eigenvalue weighted by Crippen LogP contribution is 2.37. The zero-order valence-corrected chi connectivity index (χ0v) is 15.1. The Balaban J connectivity index is 1.56. The van der Waals surface area contributed by atoms with Gasteiger partial charge in [0.2, 0.25) is 6.29 Å². The zero-order valence-electron chi connectivity index (χ0n) is 15.1. The monoisotopic (exact) mass is 394 g/mol. The van der Waals surface area contributed by atoms with Crippen LogP contribution in [0.2, 0.25) is 0 Å². The molecule has 148 valence electrons. The highest BCUT2D eigenvalue weighted by Gasteiger charge is 2.48. The van der Waals surface area contributed by atoms with E-state index < -0.39 is 36.7 Å². The van der Waals surface area contributed by atoms with Crippen LogP contribution in [-0.2, 0) is 9.53 Å². The maximum Gasteiger partial charge on any atom is 0.335 e. The van der Waals surface area contributed by atoms with Crippen molar-refractivity contribution in [2.24, 2.45) is 0 Å². The number of hydrogen-bond donors (Lipinski definition) is 4. The molecule has 0 aliphatic carbocycles. The van der Waals surface area contributed by atoms with Gasteiger partial charge in [-0.2, -0.15) is 0 Å². The number of carbonyl (C=O) groups is 1. The van der Waals surface area contributed by atoms with E-state index in [1.165, 1.54) is 0 Å². The third kappa shape index (κ3) is 2.79. The van der Waals surface area contributed by atoms with E-state index >= 15 is 0 Å². The smallest absolute Gasteiger partial charge is 0.335 e. The van der Waals surface area contributed by atoms with Crippen LogP contribution in [0.5, 0.6) is 5.75 Å². The quantitative estimate of drug-likeness (QED) is 0.392. The van der Waals surface area contributed by atoms with E-state index in [4.69, 9.17) is 9.47 Å². The first-order chi connectivity index (χ1) is 13.9. The lowest BCUT2D eigenvalue weighted by atomic mass is 9.94. The number of aliphatic carboxylic acids is 1. The highest BCUT2D eigenvalue weighted by atomic mass is 16.7. The summed E-state index contributed by atoms with van der Waals surface area (Å²) in [7, 11) is 0. The lowest BCUT2D eigenvalue weighted by Gasteiger charge is -2.38. The summed E-state index contributed by atoms with van der Waals surface area (Å²) in [4.78, 5) is 11.3. The van der Waals surface area contributed by atoms with Crippen molar-refractivity contribution in [1.29, 1.82) is 0 Å². The van der Waals surface area contributed by atoms with Crippen molar-refractivity contribution in [2.45, 2.75) is 30.7 Å². The molecular formula is C22H18O7. The highest BCUT2D eigenvalue weighted by molar-refractivity contribution is 6.23. The number of benzene rings is 4. The van der Waals surface area contributed by atoms with Gasteiger partial charge in [0, 0.05) is 0 Å². The Kier molecular flexibility index (Phi) is 4.07. The van der Waals surface area contributed by atoms with Crippen molar-refractivity contribution < 1.29 is 34.7 Å². The zero-order chi connectivity index (χ0) is 20.3. The summed E-state index contributed by atoms with van der Waals surface area (Å²) in [6, 6.07) is 17.6. The number of carboxylic acid groups (broad SMARTS) is 1. The topological polar surface area (TPSA) is 116 Å². The number of hydrogen-bond acceptors (Lipinski definition) is 6. The molecule has 0 unspecified atom stereocenters. The van der Waals surface area contributed by atoms with E-state index in [9.17, 15) is 25.2 Å². The van der Waals surface area contributed by atoms with E-state index in [0.717, 1.165) is 32.3 Å². The molecule has 4 N–H and O–H groups in total. The maximum atomic E-state index is 11.3. The summed E-state index contributed by atoms with van der Waals surface area (Å²) in [5, 5.41) is 45.5. The first kappa shape index (κ1) is 18.1. The molecule has 0 aromatic heterocycles. The SMILES string of the molecule is O=C(O)[C@H]1O[C@@H](Oc2cc3ccc4cccc5ccc(c2)c3c45)[C@H](O)[C@@H](O)[C@@H]1O. The van der Waals surface area contributed by atoms with Crippen molar-refractivity contribution in [1.82, 2.24) is 0 Å². The lowest BCUT2D eigenvalue weighted by molar-refractivity contribution is -0.271. The van der Waals surface area contributed by atoms with Crippen molar-refractivity contribution in [3.8, 4) is 5.75 Å². The molecule has 4 aromatic rings. The number of rotatable bonds is 3. The molecule has 5 atom stereocenters. The van der Waals surface area contributed by atoms with Crippen molar-refractivity contribution in [2.75, 3.05) is 0 Å². The lowest BCUT2D eigenvalue weighted by Crippen LogP contribution is -2.61. The van der Waals surface area contributed by atoms with E-state index in [1.807, 2.05) is 30.3 Å². The van der Waals surface area contributed by atoms with Crippen LogP contribution in [-0.4, -0.2) is 57.1 Å². The Bertz CT molecular complexity index is 1160. The number of ether oxygens (including phenoxy) is 2. The molecule has 7 heteroatoms. The summed E-state index contributed by atoms with van der Waals surface area (Å²) in [5.74, 6) is -1.10. The minimum atomic E-state index is -1.76. The summed E-state index contributed by atoms with van der Waals surface area (Å²) < 4.78 is 10.9. The van der Waals surface area contributed by atoms with Crippen molar-refractivity contribution in [3.63, 3.8) is 0 Å². The van der Waals surface area contributed by atoms with Gasteiger partial charge in [0.05, 0.1) is 0 Å². The molecular weight excluding hydrogens is 376 g/mol. The van der Waals surface area contributed by atoms with Crippen LogP contribution in [0.1, 0.15) is 0 Å². The second-order valence-electron chi connectivity index (χ2n) is 7.31. The normalized spacial score (nSPS) is 27.6. The van der Waals surface area contributed by atoms with Gasteiger partial charge in [0.1, 0.15) is 24.1 Å². The Morgan fingerprint density at radius 2 is 1.34 bits per heavy atom. The fraction of sp³-hybridized carbons (Fsp3) is 0.227. The molecule has 1 aliphatic rings. The van der Waals surface area contributed by atoms with Gasteiger partial charge in [-0.1, -0.05) is 42.5 Å². The Hall–Kier alpha value is -2.97. The first-order valence-corrected chi connectivity index (χ1v) is 9.21. The maximum absolute atomic E-state index is 11.3. The molecule has 29 heavy (non-hydrogen) atoms. The molecule has 0 spiro atoms. The van der Waals surface area contributed by atoms with E-state index in [-0.39, 0.29) is 0 Å². The van der Waals surface area contributed by atoms with Crippen LogP contribution in [0.25, 0.3) is 32.3 Å². The molecule has 4 aromatic carbocycles. The van der Waals surface area contributed by atoms with Crippen LogP contribution in [0.15, 0.2) is 54.6 Å². The van der Waals surface area contributed by atoms with Gasteiger partial charge in [-0.25, -0.2) is 4.79 Å². The molecule has 0 saturated carbocycles. The van der Waals surface area contributed by atoms with Gasteiger partial charge in [-0.05, 0) is 44.5 Å². The molecule has 1 fully saturated rings. The second kappa shape index (κ2) is 6.53. The minimum Gasteiger partial charge on any atom is -0.479 e. The molecule has 1 saturated heterocycles. The Morgan fingerprint density at radius 3 is 1.93 bits per heavy atom. The van der Waals surface area contributed by atoms with Crippen LogP contribution in [0.4, 0.5) is 0 Å². The summed E-state index contributed by atoms with van der Waals surface area (Å²) in [6.07, 6.45) is -8.22. The van der Waals surface area contributed by atoms with E-state index in [0.29, 0.717) is 5.75 Å². The molecule has 0 bridgehead atoms. The van der Waals surface area contributed by atoms with Crippen LogP contribution in [0.3, 0.4) is 0 Å². The number of aliphatic hydroxyl groups is 3. The molecule has 1 aliphatic heterocycles.